The Bertz CT molecular complexity index is 566. The molecule has 0 aliphatic carbocycles. The van der Waals surface area contributed by atoms with Crippen molar-refractivity contribution in [3.63, 3.8) is 0 Å². The Morgan fingerprint density at radius 1 is 1.15 bits per heavy atom. The van der Waals surface area contributed by atoms with Gasteiger partial charge in [0.05, 0.1) is 7.11 Å². The van der Waals surface area contributed by atoms with Crippen molar-refractivity contribution in [2.24, 2.45) is 0 Å². The molecule has 20 heavy (non-hydrogen) atoms. The van der Waals surface area contributed by atoms with Crippen LogP contribution in [0.3, 0.4) is 0 Å². The van der Waals surface area contributed by atoms with E-state index in [9.17, 15) is 4.39 Å². The quantitative estimate of drug-likeness (QED) is 0.898. The molecular weight excluding hydrogens is 253 g/mol. The molecule has 3 heteroatoms. The molecule has 1 unspecified atom stereocenters. The number of benzene rings is 2. The van der Waals surface area contributed by atoms with Crippen molar-refractivity contribution in [2.45, 2.75) is 19.4 Å². The van der Waals surface area contributed by atoms with Gasteiger partial charge in [-0.3, -0.25) is 0 Å². The van der Waals surface area contributed by atoms with E-state index in [4.69, 9.17) is 4.74 Å². The standard InChI is InChI=1S/C17H20FNO/c1-12-4-7-14(11-16(12)18)17(19-2)10-13-5-8-15(20-3)9-6-13/h4-9,11,17,19H,10H2,1-3H3. The molecule has 0 aromatic heterocycles. The first kappa shape index (κ1) is 14.5. The summed E-state index contributed by atoms with van der Waals surface area (Å²) in [6.07, 6.45) is 0.809. The fourth-order valence-electron chi connectivity index (χ4n) is 2.21. The number of methoxy groups -OCH3 is 1. The monoisotopic (exact) mass is 273 g/mol. The largest absolute Gasteiger partial charge is 0.497 e. The molecule has 0 saturated heterocycles. The molecule has 1 atom stereocenters. The van der Waals surface area contributed by atoms with E-state index in [1.54, 1.807) is 20.1 Å². The number of ether oxygens (including phenoxy) is 1. The van der Waals surface area contributed by atoms with Gasteiger partial charge < -0.3 is 10.1 Å². The Morgan fingerprint density at radius 2 is 1.85 bits per heavy atom. The molecule has 2 nitrogen and oxygen atoms in total. The van der Waals surface area contributed by atoms with Crippen molar-refractivity contribution in [1.82, 2.24) is 5.32 Å². The summed E-state index contributed by atoms with van der Waals surface area (Å²) in [6.45, 7) is 1.77. The van der Waals surface area contributed by atoms with E-state index in [1.807, 2.05) is 43.4 Å². The molecular formula is C17H20FNO. The molecule has 0 bridgehead atoms. The topological polar surface area (TPSA) is 21.3 Å². The van der Waals surface area contributed by atoms with Gasteiger partial charge >= 0.3 is 0 Å². The van der Waals surface area contributed by atoms with E-state index in [1.165, 1.54) is 5.56 Å². The van der Waals surface area contributed by atoms with Crippen LogP contribution >= 0.6 is 0 Å². The molecule has 2 rings (SSSR count). The summed E-state index contributed by atoms with van der Waals surface area (Å²) < 4.78 is 18.8. The van der Waals surface area contributed by atoms with Crippen molar-refractivity contribution in [3.8, 4) is 5.75 Å². The minimum absolute atomic E-state index is 0.0958. The third-order valence-corrected chi connectivity index (χ3v) is 3.55. The zero-order chi connectivity index (χ0) is 14.5. The highest BCUT2D eigenvalue weighted by atomic mass is 19.1. The van der Waals surface area contributed by atoms with Crippen LogP contribution in [-0.4, -0.2) is 14.2 Å². The Hall–Kier alpha value is -1.87. The molecule has 1 N–H and O–H groups in total. The van der Waals surface area contributed by atoms with Crippen LogP contribution in [-0.2, 0) is 6.42 Å². The van der Waals surface area contributed by atoms with Gasteiger partial charge in [-0.05, 0) is 55.3 Å². The summed E-state index contributed by atoms with van der Waals surface area (Å²) in [5, 5.41) is 3.24. The predicted molar refractivity (Wildman–Crippen MR) is 79.6 cm³/mol. The van der Waals surface area contributed by atoms with Gasteiger partial charge in [0, 0.05) is 6.04 Å². The van der Waals surface area contributed by atoms with E-state index < -0.39 is 0 Å². The van der Waals surface area contributed by atoms with Crippen molar-refractivity contribution in [2.75, 3.05) is 14.2 Å². The lowest BCUT2D eigenvalue weighted by Crippen LogP contribution is -2.19. The number of halogens is 1. The molecule has 0 radical (unpaired) electrons. The first-order valence-corrected chi connectivity index (χ1v) is 6.70. The first-order chi connectivity index (χ1) is 9.63. The van der Waals surface area contributed by atoms with Crippen LogP contribution < -0.4 is 10.1 Å². The highest BCUT2D eigenvalue weighted by Crippen LogP contribution is 2.21. The molecule has 0 aliphatic rings. The molecule has 0 spiro atoms. The number of nitrogens with one attached hydrogen (secondary N) is 1. The fourth-order valence-corrected chi connectivity index (χ4v) is 2.21. The Morgan fingerprint density at radius 3 is 2.40 bits per heavy atom. The maximum absolute atomic E-state index is 13.7. The van der Waals surface area contributed by atoms with Gasteiger partial charge in [0.2, 0.25) is 0 Å². The van der Waals surface area contributed by atoms with Crippen LogP contribution in [0.1, 0.15) is 22.7 Å². The first-order valence-electron chi connectivity index (χ1n) is 6.70. The van der Waals surface area contributed by atoms with Gasteiger partial charge in [-0.2, -0.15) is 0 Å². The molecule has 0 fully saturated rings. The zero-order valence-corrected chi connectivity index (χ0v) is 12.1. The fraction of sp³-hybridized carbons (Fsp3) is 0.294. The smallest absolute Gasteiger partial charge is 0.126 e. The minimum atomic E-state index is -0.155. The third-order valence-electron chi connectivity index (χ3n) is 3.55. The SMILES string of the molecule is CNC(Cc1ccc(OC)cc1)c1ccc(C)c(F)c1. The maximum Gasteiger partial charge on any atom is 0.126 e. The molecule has 2 aromatic carbocycles. The predicted octanol–water partition coefficient (Wildman–Crippen LogP) is 3.65. The van der Waals surface area contributed by atoms with Gasteiger partial charge in [-0.1, -0.05) is 24.3 Å². The lowest BCUT2D eigenvalue weighted by molar-refractivity contribution is 0.414. The summed E-state index contributed by atoms with van der Waals surface area (Å²) in [5.41, 5.74) is 2.82. The average Bonchev–Trinajstić information content (AvgIpc) is 2.48. The van der Waals surface area contributed by atoms with Crippen LogP contribution in [0.2, 0.25) is 0 Å². The number of aryl methyl sites for hydroxylation is 1. The number of hydrogen-bond donors (Lipinski definition) is 1. The normalized spacial score (nSPS) is 12.2. The summed E-state index contributed by atoms with van der Waals surface area (Å²) in [5.74, 6) is 0.689. The van der Waals surface area contributed by atoms with Crippen LogP contribution in [0.4, 0.5) is 4.39 Å². The van der Waals surface area contributed by atoms with Crippen LogP contribution in [0, 0.1) is 12.7 Å². The number of rotatable bonds is 5. The summed E-state index contributed by atoms with van der Waals surface area (Å²) >= 11 is 0. The Labute approximate surface area is 119 Å². The lowest BCUT2D eigenvalue weighted by Gasteiger charge is -2.17. The van der Waals surface area contributed by atoms with Crippen molar-refractivity contribution in [3.05, 3.63) is 65.0 Å². The zero-order valence-electron chi connectivity index (χ0n) is 12.1. The third kappa shape index (κ3) is 3.36. The highest BCUT2D eigenvalue weighted by molar-refractivity contribution is 5.31. The van der Waals surface area contributed by atoms with Gasteiger partial charge in [0.25, 0.3) is 0 Å². The second kappa shape index (κ2) is 6.53. The van der Waals surface area contributed by atoms with Crippen molar-refractivity contribution in [1.29, 1.82) is 0 Å². The van der Waals surface area contributed by atoms with E-state index in [0.717, 1.165) is 17.7 Å². The Balaban J connectivity index is 2.16. The maximum atomic E-state index is 13.7. The minimum Gasteiger partial charge on any atom is -0.497 e. The summed E-state index contributed by atoms with van der Waals surface area (Å²) in [4.78, 5) is 0. The summed E-state index contributed by atoms with van der Waals surface area (Å²) in [6, 6.07) is 13.5. The molecule has 0 amide bonds. The van der Waals surface area contributed by atoms with Gasteiger partial charge in [-0.25, -0.2) is 4.39 Å². The number of likely N-dealkylation sites (N-methyl/N-ethyl adjacent to an activating group) is 1. The summed E-state index contributed by atoms with van der Waals surface area (Å²) in [7, 11) is 3.55. The Kier molecular flexibility index (Phi) is 4.74. The second-order valence-corrected chi connectivity index (χ2v) is 4.90. The molecule has 0 aliphatic heterocycles. The van der Waals surface area contributed by atoms with Crippen LogP contribution in [0.5, 0.6) is 5.75 Å². The van der Waals surface area contributed by atoms with Gasteiger partial charge in [0.15, 0.2) is 0 Å². The number of hydrogen-bond acceptors (Lipinski definition) is 2. The highest BCUT2D eigenvalue weighted by Gasteiger charge is 2.12. The second-order valence-electron chi connectivity index (χ2n) is 4.90. The van der Waals surface area contributed by atoms with Crippen molar-refractivity contribution >= 4 is 0 Å². The van der Waals surface area contributed by atoms with E-state index in [2.05, 4.69) is 5.32 Å². The molecule has 0 heterocycles. The van der Waals surface area contributed by atoms with Gasteiger partial charge in [-0.15, -0.1) is 0 Å². The molecule has 0 saturated carbocycles. The van der Waals surface area contributed by atoms with E-state index in [-0.39, 0.29) is 11.9 Å². The van der Waals surface area contributed by atoms with E-state index >= 15 is 0 Å². The van der Waals surface area contributed by atoms with E-state index in [0.29, 0.717) is 5.56 Å². The van der Waals surface area contributed by atoms with Crippen LogP contribution in [0.15, 0.2) is 42.5 Å². The van der Waals surface area contributed by atoms with Gasteiger partial charge in [0.1, 0.15) is 11.6 Å². The molecule has 106 valence electrons. The van der Waals surface area contributed by atoms with Crippen molar-refractivity contribution < 1.29 is 9.13 Å². The molecule has 2 aromatic rings. The average molecular weight is 273 g/mol. The lowest BCUT2D eigenvalue weighted by atomic mass is 9.98. The van der Waals surface area contributed by atoms with Crippen LogP contribution in [0.25, 0.3) is 0 Å².